The topological polar surface area (TPSA) is 45.7 Å². The molecule has 0 fully saturated rings. The molecular weight excluding hydrogens is 262 g/mol. The minimum absolute atomic E-state index is 0.454. The molecular formula is C17H25N3O. The second-order valence-electron chi connectivity index (χ2n) is 4.78. The van der Waals surface area contributed by atoms with Crippen LogP contribution in [0.15, 0.2) is 29.3 Å². The van der Waals surface area contributed by atoms with Crippen molar-refractivity contribution in [2.75, 3.05) is 26.7 Å². The first-order chi connectivity index (χ1) is 10.2. The average molecular weight is 287 g/mol. The summed E-state index contributed by atoms with van der Waals surface area (Å²) in [5.41, 5.74) is 1.30. The van der Waals surface area contributed by atoms with E-state index in [4.69, 9.17) is 11.2 Å². The molecule has 4 nitrogen and oxygen atoms in total. The van der Waals surface area contributed by atoms with E-state index in [2.05, 4.69) is 40.6 Å². The third-order valence-electron chi connectivity index (χ3n) is 3.22. The smallest absolute Gasteiger partial charge is 0.192 e. The largest absolute Gasteiger partial charge is 0.497 e. The molecule has 0 heterocycles. The Morgan fingerprint density at radius 3 is 2.62 bits per heavy atom. The molecule has 0 radical (unpaired) electrons. The predicted molar refractivity (Wildman–Crippen MR) is 88.8 cm³/mol. The first-order valence-electron chi connectivity index (χ1n) is 7.30. The summed E-state index contributed by atoms with van der Waals surface area (Å²) in [6.07, 6.45) is 6.23. The van der Waals surface area contributed by atoms with Crippen molar-refractivity contribution in [2.24, 2.45) is 4.99 Å². The zero-order valence-electron chi connectivity index (χ0n) is 13.1. The summed E-state index contributed by atoms with van der Waals surface area (Å²) in [6, 6.07) is 8.20. The summed E-state index contributed by atoms with van der Waals surface area (Å²) >= 11 is 0. The van der Waals surface area contributed by atoms with Gasteiger partial charge in [0.25, 0.3) is 0 Å². The van der Waals surface area contributed by atoms with Crippen LogP contribution in [0.1, 0.15) is 31.7 Å². The van der Waals surface area contributed by atoms with Gasteiger partial charge in [-0.05, 0) is 37.0 Å². The molecule has 0 saturated heterocycles. The van der Waals surface area contributed by atoms with Gasteiger partial charge in [-0.1, -0.05) is 25.0 Å². The number of benzene rings is 1. The van der Waals surface area contributed by atoms with E-state index in [1.807, 2.05) is 19.1 Å². The summed E-state index contributed by atoms with van der Waals surface area (Å²) in [6.45, 7) is 6.31. The highest BCUT2D eigenvalue weighted by Crippen LogP contribution is 2.21. The molecule has 2 N–H and O–H groups in total. The van der Waals surface area contributed by atoms with Gasteiger partial charge in [-0.25, -0.2) is 0 Å². The van der Waals surface area contributed by atoms with Crippen molar-refractivity contribution in [3.8, 4) is 18.1 Å². The van der Waals surface area contributed by atoms with Crippen LogP contribution in [0, 0.1) is 12.3 Å². The molecule has 1 unspecified atom stereocenters. The molecule has 1 aromatic rings. The van der Waals surface area contributed by atoms with Crippen molar-refractivity contribution in [3.63, 3.8) is 0 Å². The quantitative estimate of drug-likeness (QED) is 0.460. The minimum atomic E-state index is 0.454. The second kappa shape index (κ2) is 9.71. The molecule has 0 aliphatic rings. The maximum atomic E-state index is 5.24. The van der Waals surface area contributed by atoms with E-state index >= 15 is 0 Å². The average Bonchev–Trinajstić information content (AvgIpc) is 2.52. The Morgan fingerprint density at radius 2 is 2.05 bits per heavy atom. The van der Waals surface area contributed by atoms with E-state index < -0.39 is 0 Å². The number of aliphatic imine (C=N–C) groups is 1. The van der Waals surface area contributed by atoms with Gasteiger partial charge in [0.2, 0.25) is 0 Å². The van der Waals surface area contributed by atoms with Crippen LogP contribution < -0.4 is 15.4 Å². The Morgan fingerprint density at radius 1 is 1.33 bits per heavy atom. The number of hydrogen-bond acceptors (Lipinski definition) is 2. The maximum absolute atomic E-state index is 5.24. The molecule has 21 heavy (non-hydrogen) atoms. The molecule has 1 rings (SSSR count). The van der Waals surface area contributed by atoms with E-state index in [9.17, 15) is 0 Å². The van der Waals surface area contributed by atoms with E-state index in [-0.39, 0.29) is 0 Å². The first kappa shape index (κ1) is 16.9. The number of nitrogens with one attached hydrogen (secondary N) is 2. The van der Waals surface area contributed by atoms with Crippen LogP contribution in [0.4, 0.5) is 0 Å². The van der Waals surface area contributed by atoms with Crippen molar-refractivity contribution in [2.45, 2.75) is 26.2 Å². The molecule has 0 amide bonds. The monoisotopic (exact) mass is 287 g/mol. The van der Waals surface area contributed by atoms with Gasteiger partial charge in [0.15, 0.2) is 5.96 Å². The molecule has 0 aromatic heterocycles. The van der Waals surface area contributed by atoms with Crippen molar-refractivity contribution < 1.29 is 4.74 Å². The lowest BCUT2D eigenvalue weighted by Gasteiger charge is -2.12. The summed E-state index contributed by atoms with van der Waals surface area (Å²) in [4.78, 5) is 4.52. The fourth-order valence-electron chi connectivity index (χ4n) is 1.95. The Hall–Kier alpha value is -2.15. The summed E-state index contributed by atoms with van der Waals surface area (Å²) in [5, 5.41) is 6.26. The van der Waals surface area contributed by atoms with E-state index in [1.54, 1.807) is 7.11 Å². The van der Waals surface area contributed by atoms with Gasteiger partial charge in [0.05, 0.1) is 13.7 Å². The van der Waals surface area contributed by atoms with Crippen LogP contribution in [0.5, 0.6) is 5.75 Å². The fraction of sp³-hybridized carbons (Fsp3) is 0.471. The Balaban J connectivity index is 2.49. The Bertz CT molecular complexity index is 474. The predicted octanol–water partition coefficient (Wildman–Crippen LogP) is 2.38. The molecule has 1 aromatic carbocycles. The van der Waals surface area contributed by atoms with Gasteiger partial charge in [0.1, 0.15) is 5.75 Å². The molecule has 0 bridgehead atoms. The van der Waals surface area contributed by atoms with Crippen molar-refractivity contribution >= 4 is 5.96 Å². The summed E-state index contributed by atoms with van der Waals surface area (Å²) in [7, 11) is 1.68. The summed E-state index contributed by atoms with van der Waals surface area (Å²) in [5.74, 6) is 4.66. The van der Waals surface area contributed by atoms with Gasteiger partial charge in [-0.2, -0.15) is 0 Å². The maximum Gasteiger partial charge on any atom is 0.192 e. The zero-order chi connectivity index (χ0) is 15.5. The van der Waals surface area contributed by atoms with Crippen LogP contribution >= 0.6 is 0 Å². The van der Waals surface area contributed by atoms with E-state index in [1.165, 1.54) is 5.56 Å². The van der Waals surface area contributed by atoms with E-state index in [0.29, 0.717) is 12.5 Å². The number of nitrogens with zero attached hydrogens (tertiary/aromatic N) is 1. The summed E-state index contributed by atoms with van der Waals surface area (Å²) < 4.78 is 5.17. The lowest BCUT2D eigenvalue weighted by Crippen LogP contribution is -2.37. The number of terminal acetylenes is 1. The highest BCUT2D eigenvalue weighted by molar-refractivity contribution is 5.79. The molecule has 0 aliphatic heterocycles. The van der Waals surface area contributed by atoms with Gasteiger partial charge < -0.3 is 15.4 Å². The lowest BCUT2D eigenvalue weighted by atomic mass is 9.98. The van der Waals surface area contributed by atoms with Gasteiger partial charge in [-0.3, -0.25) is 4.99 Å². The fourth-order valence-corrected chi connectivity index (χ4v) is 1.95. The van der Waals surface area contributed by atoms with Crippen molar-refractivity contribution in [1.29, 1.82) is 0 Å². The number of methoxy groups -OCH3 is 1. The van der Waals surface area contributed by atoms with E-state index in [0.717, 1.165) is 31.2 Å². The van der Waals surface area contributed by atoms with Crippen LogP contribution in [-0.2, 0) is 0 Å². The normalized spacial score (nSPS) is 12.4. The molecule has 0 spiro atoms. The Labute approximate surface area is 128 Å². The molecule has 4 heteroatoms. The zero-order valence-corrected chi connectivity index (χ0v) is 13.1. The Kier molecular flexibility index (Phi) is 7.81. The lowest BCUT2D eigenvalue weighted by molar-refractivity contribution is 0.414. The SMILES string of the molecule is C#CCNC(=NCCC(C)c1ccc(OC)cc1)NCC. The molecule has 1 atom stereocenters. The van der Waals surface area contributed by atoms with Gasteiger partial charge in [0, 0.05) is 13.1 Å². The van der Waals surface area contributed by atoms with Crippen molar-refractivity contribution in [3.05, 3.63) is 29.8 Å². The third-order valence-corrected chi connectivity index (χ3v) is 3.22. The minimum Gasteiger partial charge on any atom is -0.497 e. The van der Waals surface area contributed by atoms with Crippen LogP contribution in [0.2, 0.25) is 0 Å². The first-order valence-corrected chi connectivity index (χ1v) is 7.30. The third kappa shape index (κ3) is 6.22. The molecule has 0 aliphatic carbocycles. The van der Waals surface area contributed by atoms with Crippen LogP contribution in [0.25, 0.3) is 0 Å². The standard InChI is InChI=1S/C17H25N3O/c1-5-12-19-17(18-6-2)20-13-11-14(3)15-7-9-16(21-4)10-8-15/h1,7-10,14H,6,11-13H2,2-4H3,(H2,18,19,20). The molecule has 0 saturated carbocycles. The number of hydrogen-bond donors (Lipinski definition) is 2. The number of ether oxygens (including phenoxy) is 1. The molecule has 114 valence electrons. The van der Waals surface area contributed by atoms with Crippen LogP contribution in [0.3, 0.4) is 0 Å². The number of guanidine groups is 1. The second-order valence-corrected chi connectivity index (χ2v) is 4.78. The van der Waals surface area contributed by atoms with Crippen molar-refractivity contribution in [1.82, 2.24) is 10.6 Å². The number of rotatable bonds is 7. The van der Waals surface area contributed by atoms with Crippen LogP contribution in [-0.4, -0.2) is 32.7 Å². The highest BCUT2D eigenvalue weighted by atomic mass is 16.5. The van der Waals surface area contributed by atoms with Gasteiger partial charge >= 0.3 is 0 Å². The highest BCUT2D eigenvalue weighted by Gasteiger charge is 2.05. The van der Waals surface area contributed by atoms with Gasteiger partial charge in [-0.15, -0.1) is 6.42 Å².